The van der Waals surface area contributed by atoms with Gasteiger partial charge in [-0.15, -0.1) is 0 Å². The molecule has 0 spiro atoms. The number of alkyl halides is 3. The number of halogens is 3. The van der Waals surface area contributed by atoms with E-state index in [2.05, 4.69) is 10.3 Å². The molecule has 0 saturated heterocycles. The molecule has 2 amide bonds. The minimum absolute atomic E-state index is 0.0212. The predicted molar refractivity (Wildman–Crippen MR) is 121 cm³/mol. The van der Waals surface area contributed by atoms with Crippen molar-refractivity contribution in [1.82, 2.24) is 4.98 Å². The zero-order valence-electron chi connectivity index (χ0n) is 18.6. The molecule has 0 unspecified atom stereocenters. The summed E-state index contributed by atoms with van der Waals surface area (Å²) in [6.45, 7) is 1.11. The van der Waals surface area contributed by atoms with Crippen LogP contribution in [0.2, 0.25) is 0 Å². The highest BCUT2D eigenvalue weighted by molar-refractivity contribution is 6.09. The lowest BCUT2D eigenvalue weighted by Crippen LogP contribution is -2.40. The number of amides is 2. The number of rotatable bonds is 5. The van der Waals surface area contributed by atoms with Gasteiger partial charge in [0, 0.05) is 29.1 Å². The minimum Gasteiger partial charge on any atom is -0.424 e. The van der Waals surface area contributed by atoms with E-state index < -0.39 is 42.0 Å². The van der Waals surface area contributed by atoms with Crippen molar-refractivity contribution in [2.45, 2.75) is 37.8 Å². The van der Waals surface area contributed by atoms with E-state index in [4.69, 9.17) is 4.42 Å². The van der Waals surface area contributed by atoms with Crippen molar-refractivity contribution >= 4 is 23.2 Å². The molecule has 2 aromatic heterocycles. The average molecular weight is 483 g/mol. The first-order valence-electron chi connectivity index (χ1n) is 11.0. The minimum atomic E-state index is -2.64. The summed E-state index contributed by atoms with van der Waals surface area (Å²) in [7, 11) is 0. The summed E-state index contributed by atoms with van der Waals surface area (Å²) in [6, 6.07) is 9.56. The third-order valence-electron chi connectivity index (χ3n) is 6.25. The van der Waals surface area contributed by atoms with Crippen LogP contribution in [0.3, 0.4) is 0 Å². The second kappa shape index (κ2) is 8.37. The zero-order valence-corrected chi connectivity index (χ0v) is 18.6. The molecule has 180 valence electrons. The smallest absolute Gasteiger partial charge is 0.346 e. The Balaban J connectivity index is 1.54. The Bertz CT molecular complexity index is 1380. The zero-order chi connectivity index (χ0) is 24.9. The fraction of sp³-hybridized carbons (Fsp3) is 0.280. The first kappa shape index (κ1) is 22.8. The van der Waals surface area contributed by atoms with Crippen molar-refractivity contribution in [3.8, 4) is 11.1 Å². The fourth-order valence-corrected chi connectivity index (χ4v) is 4.18. The topological polar surface area (TPSA) is 92.5 Å². The van der Waals surface area contributed by atoms with Crippen LogP contribution in [-0.4, -0.2) is 23.3 Å². The van der Waals surface area contributed by atoms with E-state index in [-0.39, 0.29) is 41.1 Å². The molecule has 5 rings (SSSR count). The van der Waals surface area contributed by atoms with Crippen molar-refractivity contribution in [2.75, 3.05) is 16.8 Å². The van der Waals surface area contributed by atoms with E-state index in [0.29, 0.717) is 11.3 Å². The molecule has 3 aromatic rings. The number of aromatic nitrogens is 1. The molecular formula is C25H20F3N3O4. The highest BCUT2D eigenvalue weighted by Gasteiger charge is 2.49. The van der Waals surface area contributed by atoms with Crippen molar-refractivity contribution in [1.29, 1.82) is 0 Å². The predicted octanol–water partition coefficient (Wildman–Crippen LogP) is 4.69. The lowest BCUT2D eigenvalue weighted by Gasteiger charge is -2.24. The van der Waals surface area contributed by atoms with Crippen LogP contribution in [0.1, 0.15) is 49.1 Å². The van der Waals surface area contributed by atoms with Gasteiger partial charge < -0.3 is 14.6 Å². The van der Waals surface area contributed by atoms with Gasteiger partial charge in [0.05, 0.1) is 22.9 Å². The number of nitrogens with zero attached hydrogens (tertiary/aromatic N) is 2. The fourth-order valence-electron chi connectivity index (χ4n) is 4.18. The largest absolute Gasteiger partial charge is 0.424 e. The van der Waals surface area contributed by atoms with Gasteiger partial charge in [-0.05, 0) is 38.0 Å². The maximum Gasteiger partial charge on any atom is 0.346 e. The van der Waals surface area contributed by atoms with E-state index in [1.165, 1.54) is 36.5 Å². The van der Waals surface area contributed by atoms with Gasteiger partial charge in [-0.25, -0.2) is 18.0 Å². The van der Waals surface area contributed by atoms with Crippen LogP contribution in [0.5, 0.6) is 0 Å². The van der Waals surface area contributed by atoms with Gasteiger partial charge in [0.2, 0.25) is 11.8 Å². The molecule has 1 aliphatic heterocycles. The van der Waals surface area contributed by atoms with Gasteiger partial charge in [-0.2, -0.15) is 0 Å². The summed E-state index contributed by atoms with van der Waals surface area (Å²) in [5.74, 6) is -2.13. The normalized spacial score (nSPS) is 18.0. The number of pyridine rings is 1. The second-order valence-corrected chi connectivity index (χ2v) is 8.68. The highest BCUT2D eigenvalue weighted by atomic mass is 19.3. The van der Waals surface area contributed by atoms with E-state index in [9.17, 15) is 27.6 Å². The number of anilines is 2. The standard InChI is InChI=1S/C25H20F3N3O4/c1-13-21-16(3-2-10-29-21)20-17(11-18(35-24(20)34)25(28)8-9-25)31(23(13)33)12-19(32)30-15-6-4-14(5-7-15)22(26)27/h2-7,10-11,13,22H,8-9,12H2,1H3,(H,30,32)/t13-/m0/s1. The first-order chi connectivity index (χ1) is 16.7. The Labute approximate surface area is 197 Å². The lowest BCUT2D eigenvalue weighted by atomic mass is 9.98. The molecule has 1 atom stereocenters. The van der Waals surface area contributed by atoms with Gasteiger partial charge in [-0.3, -0.25) is 14.6 Å². The van der Waals surface area contributed by atoms with Crippen LogP contribution in [0.15, 0.2) is 57.9 Å². The van der Waals surface area contributed by atoms with Crippen LogP contribution in [0.25, 0.3) is 11.1 Å². The van der Waals surface area contributed by atoms with Crippen LogP contribution < -0.4 is 15.8 Å². The third kappa shape index (κ3) is 4.09. The Hall–Kier alpha value is -3.95. The van der Waals surface area contributed by atoms with Crippen molar-refractivity contribution in [2.24, 2.45) is 0 Å². The molecule has 2 aliphatic rings. The van der Waals surface area contributed by atoms with Gasteiger partial charge in [0.1, 0.15) is 12.3 Å². The summed E-state index contributed by atoms with van der Waals surface area (Å²) < 4.78 is 45.7. The Morgan fingerprint density at radius 3 is 2.60 bits per heavy atom. The number of nitrogens with one attached hydrogen (secondary N) is 1. The van der Waals surface area contributed by atoms with Crippen LogP contribution in [-0.2, 0) is 15.3 Å². The number of hydrogen-bond donors (Lipinski definition) is 1. The van der Waals surface area contributed by atoms with Crippen LogP contribution >= 0.6 is 0 Å². The summed E-state index contributed by atoms with van der Waals surface area (Å²) >= 11 is 0. The van der Waals surface area contributed by atoms with Crippen molar-refractivity contribution in [3.63, 3.8) is 0 Å². The maximum absolute atomic E-state index is 14.8. The molecule has 35 heavy (non-hydrogen) atoms. The molecule has 3 heterocycles. The molecule has 0 radical (unpaired) electrons. The second-order valence-electron chi connectivity index (χ2n) is 8.68. The number of carbonyl (C=O) groups excluding carboxylic acids is 2. The van der Waals surface area contributed by atoms with Crippen molar-refractivity contribution in [3.05, 3.63) is 76.1 Å². The Morgan fingerprint density at radius 2 is 1.94 bits per heavy atom. The Morgan fingerprint density at radius 1 is 1.23 bits per heavy atom. The number of hydrogen-bond acceptors (Lipinski definition) is 5. The SMILES string of the molecule is C[C@@H]1C(=O)N(CC(=O)Nc2ccc(C(F)F)cc2)c2cc(C3(F)CC3)oc(=O)c2-c2cccnc21. The van der Waals surface area contributed by atoms with Crippen LogP contribution in [0.4, 0.5) is 24.5 Å². The van der Waals surface area contributed by atoms with Crippen molar-refractivity contribution < 1.29 is 27.2 Å². The van der Waals surface area contributed by atoms with Gasteiger partial charge in [-0.1, -0.05) is 18.2 Å². The molecular weight excluding hydrogens is 463 g/mol. The molecule has 7 nitrogen and oxygen atoms in total. The third-order valence-corrected chi connectivity index (χ3v) is 6.25. The van der Waals surface area contributed by atoms with E-state index >= 15 is 0 Å². The maximum atomic E-state index is 14.8. The number of fused-ring (bicyclic) bond motifs is 3. The summed E-state index contributed by atoms with van der Waals surface area (Å²) in [5.41, 5.74) is -1.76. The van der Waals surface area contributed by atoms with E-state index in [1.54, 1.807) is 19.1 Å². The number of carbonyl (C=O) groups is 2. The lowest BCUT2D eigenvalue weighted by molar-refractivity contribution is -0.122. The molecule has 1 aromatic carbocycles. The van der Waals surface area contributed by atoms with Gasteiger partial charge in [0.15, 0.2) is 5.67 Å². The number of benzene rings is 1. The van der Waals surface area contributed by atoms with Gasteiger partial charge >= 0.3 is 5.63 Å². The molecule has 1 N–H and O–H groups in total. The summed E-state index contributed by atoms with van der Waals surface area (Å²) in [6.07, 6.45) is -0.780. The Kier molecular flexibility index (Phi) is 5.46. The van der Waals surface area contributed by atoms with Gasteiger partial charge in [0.25, 0.3) is 6.43 Å². The molecule has 1 saturated carbocycles. The molecule has 1 aliphatic carbocycles. The monoisotopic (exact) mass is 483 g/mol. The first-order valence-corrected chi connectivity index (χ1v) is 11.0. The van der Waals surface area contributed by atoms with Crippen LogP contribution in [0, 0.1) is 0 Å². The van der Waals surface area contributed by atoms with E-state index in [0.717, 1.165) is 4.90 Å². The quantitative estimate of drug-likeness (QED) is 0.569. The molecule has 1 fully saturated rings. The summed E-state index contributed by atoms with van der Waals surface area (Å²) in [4.78, 5) is 44.8. The molecule has 10 heteroatoms. The molecule has 0 bridgehead atoms. The van der Waals surface area contributed by atoms with E-state index in [1.807, 2.05) is 0 Å². The average Bonchev–Trinajstić information content (AvgIpc) is 3.60. The highest BCUT2D eigenvalue weighted by Crippen LogP contribution is 2.51. The summed E-state index contributed by atoms with van der Waals surface area (Å²) in [5, 5.41) is 2.57.